The van der Waals surface area contributed by atoms with Gasteiger partial charge in [0.15, 0.2) is 0 Å². The first kappa shape index (κ1) is 20.9. The molecule has 1 unspecified atom stereocenters. The van der Waals surface area contributed by atoms with Crippen LogP contribution in [0.1, 0.15) is 34.7 Å². The number of anilines is 1. The Bertz CT molecular complexity index is 1130. The third-order valence-corrected chi connectivity index (χ3v) is 4.98. The van der Waals surface area contributed by atoms with Crippen LogP contribution < -0.4 is 4.90 Å². The predicted octanol–water partition coefficient (Wildman–Crippen LogP) is 5.20. The Morgan fingerprint density at radius 1 is 1.00 bits per heavy atom. The minimum Gasteiger partial charge on any atom is -0.305 e. The van der Waals surface area contributed by atoms with Crippen LogP contribution in [0.15, 0.2) is 48.8 Å². The monoisotopic (exact) mass is 440 g/mol. The third-order valence-electron chi connectivity index (χ3n) is 4.98. The molecule has 0 spiro atoms. The van der Waals surface area contributed by atoms with Gasteiger partial charge in [-0.1, -0.05) is 0 Å². The normalized spacial score (nSPS) is 17.1. The summed E-state index contributed by atoms with van der Waals surface area (Å²) in [5.74, 6) is -0.573. The zero-order chi connectivity index (χ0) is 22.6. The van der Waals surface area contributed by atoms with Gasteiger partial charge in [-0.05, 0) is 48.9 Å². The molecule has 1 amide bonds. The smallest absolute Gasteiger partial charge is 0.305 e. The van der Waals surface area contributed by atoms with E-state index in [1.807, 2.05) is 0 Å². The number of alkyl halides is 6. The molecule has 0 saturated heterocycles. The maximum absolute atomic E-state index is 13.2. The Morgan fingerprint density at radius 2 is 1.68 bits per heavy atom. The first-order valence-electron chi connectivity index (χ1n) is 9.07. The van der Waals surface area contributed by atoms with Gasteiger partial charge in [0.2, 0.25) is 0 Å². The Kier molecular flexibility index (Phi) is 4.78. The molecule has 11 heteroatoms. The van der Waals surface area contributed by atoms with Crippen molar-refractivity contribution in [1.29, 1.82) is 0 Å². The van der Waals surface area contributed by atoms with Crippen molar-refractivity contribution in [3.8, 4) is 11.1 Å². The fourth-order valence-corrected chi connectivity index (χ4v) is 3.48. The van der Waals surface area contributed by atoms with Gasteiger partial charge < -0.3 is 4.90 Å². The van der Waals surface area contributed by atoms with Crippen LogP contribution in [-0.2, 0) is 12.4 Å². The Balaban J connectivity index is 1.75. The number of halogens is 6. The summed E-state index contributed by atoms with van der Waals surface area (Å²) in [6, 6.07) is 5.93. The zero-order valence-corrected chi connectivity index (χ0v) is 15.9. The van der Waals surface area contributed by atoms with Crippen LogP contribution in [0.3, 0.4) is 0 Å². The maximum atomic E-state index is 13.2. The highest BCUT2D eigenvalue weighted by atomic mass is 19.4. The van der Waals surface area contributed by atoms with E-state index in [2.05, 4.69) is 10.1 Å². The minimum atomic E-state index is -4.66. The molecule has 1 aliphatic rings. The molecule has 1 aliphatic heterocycles. The lowest BCUT2D eigenvalue weighted by Crippen LogP contribution is -2.42. The number of hydrogen-bond acceptors (Lipinski definition) is 3. The molecule has 0 fully saturated rings. The van der Waals surface area contributed by atoms with Crippen molar-refractivity contribution in [2.45, 2.75) is 25.3 Å². The van der Waals surface area contributed by atoms with Crippen LogP contribution in [0.4, 0.5) is 32.0 Å². The van der Waals surface area contributed by atoms with Crippen molar-refractivity contribution in [1.82, 2.24) is 14.8 Å². The molecule has 0 bridgehead atoms. The molecule has 4 rings (SSSR count). The van der Waals surface area contributed by atoms with E-state index >= 15 is 0 Å². The third kappa shape index (κ3) is 3.75. The average molecular weight is 440 g/mol. The molecule has 2 aromatic heterocycles. The molecule has 31 heavy (non-hydrogen) atoms. The van der Waals surface area contributed by atoms with Crippen LogP contribution in [0.25, 0.3) is 11.1 Å². The highest BCUT2D eigenvalue weighted by Crippen LogP contribution is 2.36. The number of hydrogen-bond donors (Lipinski definition) is 0. The van der Waals surface area contributed by atoms with Gasteiger partial charge in [-0.2, -0.15) is 31.4 Å². The van der Waals surface area contributed by atoms with Gasteiger partial charge in [0.1, 0.15) is 11.4 Å². The summed E-state index contributed by atoms with van der Waals surface area (Å²) < 4.78 is 79.1. The molecule has 3 aromatic rings. The van der Waals surface area contributed by atoms with Crippen LogP contribution in [0.5, 0.6) is 0 Å². The lowest BCUT2D eigenvalue weighted by atomic mass is 10.0. The molecule has 0 aliphatic carbocycles. The fourth-order valence-electron chi connectivity index (χ4n) is 3.48. The van der Waals surface area contributed by atoms with Crippen molar-refractivity contribution < 1.29 is 31.1 Å². The highest BCUT2D eigenvalue weighted by molar-refractivity contribution is 6.09. The number of nitrogens with zero attached hydrogens (tertiary/aromatic N) is 4. The SMILES string of the molecule is CC1CN(c2ccc(C(F)(F)F)cc2)C(=O)c2c(-c3ccnc(C(F)(F)F)c3)cnn21. The van der Waals surface area contributed by atoms with Gasteiger partial charge >= 0.3 is 12.4 Å². The Hall–Kier alpha value is -3.37. The standard InChI is InChI=1S/C20H14F6N4O/c1-11-10-29(14-4-2-13(3-5-14)19(21,22)23)18(31)17-15(9-28-30(11)17)12-6-7-27-16(8-12)20(24,25)26/h2-9,11H,10H2,1H3. The molecule has 5 nitrogen and oxygen atoms in total. The van der Waals surface area contributed by atoms with Crippen LogP contribution in [-0.4, -0.2) is 27.2 Å². The summed E-state index contributed by atoms with van der Waals surface area (Å²) in [4.78, 5) is 17.8. The topological polar surface area (TPSA) is 51.0 Å². The van der Waals surface area contributed by atoms with E-state index in [0.29, 0.717) is 0 Å². The van der Waals surface area contributed by atoms with E-state index in [1.165, 1.54) is 34.0 Å². The van der Waals surface area contributed by atoms with Crippen molar-refractivity contribution in [3.63, 3.8) is 0 Å². The van der Waals surface area contributed by atoms with Gasteiger partial charge in [-0.15, -0.1) is 0 Å². The van der Waals surface area contributed by atoms with E-state index in [1.54, 1.807) is 6.92 Å². The fraction of sp³-hybridized carbons (Fsp3) is 0.250. The predicted molar refractivity (Wildman–Crippen MR) is 98.3 cm³/mol. The minimum absolute atomic E-state index is 0.0537. The summed E-state index contributed by atoms with van der Waals surface area (Å²) in [5.41, 5.74) is -1.37. The van der Waals surface area contributed by atoms with Gasteiger partial charge in [0.05, 0.1) is 17.8 Å². The largest absolute Gasteiger partial charge is 0.433 e. The lowest BCUT2D eigenvalue weighted by Gasteiger charge is -2.32. The quantitative estimate of drug-likeness (QED) is 0.515. The van der Waals surface area contributed by atoms with Gasteiger partial charge in [0.25, 0.3) is 5.91 Å². The highest BCUT2D eigenvalue weighted by Gasteiger charge is 2.36. The van der Waals surface area contributed by atoms with Crippen molar-refractivity contribution in [2.75, 3.05) is 11.4 Å². The molecule has 1 atom stereocenters. The zero-order valence-electron chi connectivity index (χ0n) is 15.9. The van der Waals surface area contributed by atoms with Crippen LogP contribution in [0.2, 0.25) is 0 Å². The number of fused-ring (bicyclic) bond motifs is 1. The molecule has 0 saturated carbocycles. The van der Waals surface area contributed by atoms with E-state index in [4.69, 9.17) is 0 Å². The Labute approximate surface area is 171 Å². The van der Waals surface area contributed by atoms with Crippen molar-refractivity contribution in [3.05, 3.63) is 65.7 Å². The second kappa shape index (κ2) is 7.10. The van der Waals surface area contributed by atoms with Gasteiger partial charge in [-0.3, -0.25) is 14.5 Å². The number of amides is 1. The van der Waals surface area contributed by atoms with Gasteiger partial charge in [-0.25, -0.2) is 0 Å². The number of rotatable bonds is 2. The number of carbonyl (C=O) groups excluding carboxylic acids is 1. The molecule has 3 heterocycles. The summed E-state index contributed by atoms with van der Waals surface area (Å²) >= 11 is 0. The molecule has 0 radical (unpaired) electrons. The van der Waals surface area contributed by atoms with Gasteiger partial charge in [0, 0.05) is 24.0 Å². The maximum Gasteiger partial charge on any atom is 0.433 e. The van der Waals surface area contributed by atoms with Crippen molar-refractivity contribution >= 4 is 11.6 Å². The number of pyridine rings is 1. The number of aromatic nitrogens is 3. The molecule has 162 valence electrons. The van der Waals surface area contributed by atoms with Crippen LogP contribution in [0, 0.1) is 0 Å². The van der Waals surface area contributed by atoms with Crippen LogP contribution >= 0.6 is 0 Å². The van der Waals surface area contributed by atoms with E-state index < -0.39 is 29.5 Å². The summed E-state index contributed by atoms with van der Waals surface area (Å²) in [6.45, 7) is 1.89. The lowest BCUT2D eigenvalue weighted by molar-refractivity contribution is -0.141. The molecular formula is C20H14F6N4O. The molecular weight excluding hydrogens is 426 g/mol. The second-order valence-electron chi connectivity index (χ2n) is 7.09. The summed E-state index contributed by atoms with van der Waals surface area (Å²) in [6.07, 6.45) is -6.88. The first-order chi connectivity index (χ1) is 14.5. The Morgan fingerprint density at radius 3 is 2.29 bits per heavy atom. The molecule has 0 N–H and O–H groups in total. The summed E-state index contributed by atoms with van der Waals surface area (Å²) in [7, 11) is 0. The van der Waals surface area contributed by atoms with E-state index in [9.17, 15) is 31.1 Å². The average Bonchev–Trinajstić information content (AvgIpc) is 3.16. The second-order valence-corrected chi connectivity index (χ2v) is 7.09. The van der Waals surface area contributed by atoms with E-state index in [0.717, 1.165) is 24.4 Å². The van der Waals surface area contributed by atoms with E-state index in [-0.39, 0.29) is 35.1 Å². The van der Waals surface area contributed by atoms with Crippen molar-refractivity contribution in [2.24, 2.45) is 0 Å². The first-order valence-corrected chi connectivity index (χ1v) is 9.07. The number of carbonyl (C=O) groups is 1. The molecule has 1 aromatic carbocycles. The summed E-state index contributed by atoms with van der Waals surface area (Å²) in [5, 5.41) is 4.15. The number of benzene rings is 1.